The number of nitrogens with zero attached hydrogens (tertiary/aromatic N) is 3. The average Bonchev–Trinajstić information content (AvgIpc) is 3.41. The van der Waals surface area contributed by atoms with Gasteiger partial charge in [0.25, 0.3) is 5.91 Å². The molecule has 2 aliphatic rings. The Morgan fingerprint density at radius 1 is 1.30 bits per heavy atom. The third-order valence-corrected chi connectivity index (χ3v) is 6.38. The van der Waals surface area contributed by atoms with Gasteiger partial charge in [-0.3, -0.25) is 9.59 Å². The van der Waals surface area contributed by atoms with Gasteiger partial charge in [0.05, 0.1) is 5.56 Å². The van der Waals surface area contributed by atoms with Crippen LogP contribution in [0.2, 0.25) is 0 Å². The molecule has 154 valence electrons. The second-order valence-electron chi connectivity index (χ2n) is 8.07. The molecule has 1 unspecified atom stereocenters. The molecular weight excluding hydrogens is 383 g/mol. The number of amides is 2. The van der Waals surface area contributed by atoms with E-state index in [1.54, 1.807) is 29.4 Å². The number of carbonyl (C=O) groups is 2. The number of halogens is 1. The highest BCUT2D eigenvalue weighted by atomic mass is 19.1. The molecule has 2 amide bonds. The van der Waals surface area contributed by atoms with E-state index in [-0.39, 0.29) is 23.5 Å². The highest BCUT2D eigenvalue weighted by Crippen LogP contribution is 2.32. The topological polar surface area (TPSA) is 69.3 Å². The minimum Gasteiger partial charge on any atom is -0.345 e. The second kappa shape index (κ2) is 7.23. The Hall–Kier alpha value is -3.22. The number of hydrogen-bond donors (Lipinski definition) is 1. The smallest absolute Gasteiger partial charge is 0.257 e. The number of nitrogens with one attached hydrogen (secondary N) is 1. The van der Waals surface area contributed by atoms with Crippen LogP contribution in [0.25, 0.3) is 11.0 Å². The number of aromatic amines is 1. The molecule has 3 aromatic rings. The molecule has 1 aromatic carbocycles. The third-order valence-electron chi connectivity index (χ3n) is 6.38. The molecule has 0 aliphatic carbocycles. The lowest BCUT2D eigenvalue weighted by Crippen LogP contribution is -2.50. The number of H-pyrrole nitrogens is 1. The van der Waals surface area contributed by atoms with E-state index in [4.69, 9.17) is 0 Å². The molecule has 30 heavy (non-hydrogen) atoms. The van der Waals surface area contributed by atoms with E-state index in [1.165, 1.54) is 12.1 Å². The van der Waals surface area contributed by atoms with Gasteiger partial charge in [-0.15, -0.1) is 0 Å². The molecule has 0 bridgehead atoms. The van der Waals surface area contributed by atoms with E-state index in [9.17, 15) is 14.0 Å². The Kier molecular flexibility index (Phi) is 4.53. The fraction of sp³-hybridized carbons (Fsp3) is 0.348. The number of carbonyl (C=O) groups excluding carboxylic acids is 2. The lowest BCUT2D eigenvalue weighted by atomic mass is 9.98. The van der Waals surface area contributed by atoms with Gasteiger partial charge in [-0.25, -0.2) is 9.37 Å². The summed E-state index contributed by atoms with van der Waals surface area (Å²) in [6.45, 7) is 3.59. The van der Waals surface area contributed by atoms with E-state index in [2.05, 4.69) is 9.97 Å². The van der Waals surface area contributed by atoms with Gasteiger partial charge in [0, 0.05) is 43.3 Å². The fourth-order valence-corrected chi connectivity index (χ4v) is 4.79. The van der Waals surface area contributed by atoms with Gasteiger partial charge in [-0.1, -0.05) is 19.1 Å². The number of hydrogen-bond acceptors (Lipinski definition) is 3. The molecule has 2 aromatic heterocycles. The first-order valence-electron chi connectivity index (χ1n) is 10.4. The summed E-state index contributed by atoms with van der Waals surface area (Å²) >= 11 is 0. The van der Waals surface area contributed by atoms with Crippen LogP contribution in [-0.4, -0.2) is 50.7 Å². The molecule has 2 aliphatic heterocycles. The van der Waals surface area contributed by atoms with Crippen molar-refractivity contribution in [3.63, 3.8) is 0 Å². The minimum atomic E-state index is -0.504. The maximum absolute atomic E-state index is 13.4. The van der Waals surface area contributed by atoms with Gasteiger partial charge in [0.15, 0.2) is 0 Å². The molecule has 0 radical (unpaired) electrons. The van der Waals surface area contributed by atoms with Crippen molar-refractivity contribution in [1.29, 1.82) is 0 Å². The van der Waals surface area contributed by atoms with Crippen LogP contribution in [-0.2, 0) is 11.3 Å². The van der Waals surface area contributed by atoms with Crippen LogP contribution in [0, 0.1) is 5.82 Å². The summed E-state index contributed by atoms with van der Waals surface area (Å²) in [5, 5.41) is 0.860. The average molecular weight is 406 g/mol. The summed E-state index contributed by atoms with van der Waals surface area (Å²) in [4.78, 5) is 37.5. The molecule has 5 rings (SSSR count). The summed E-state index contributed by atoms with van der Waals surface area (Å²) < 4.78 is 13.2. The summed E-state index contributed by atoms with van der Waals surface area (Å²) in [7, 11) is 0. The predicted molar refractivity (Wildman–Crippen MR) is 110 cm³/mol. The van der Waals surface area contributed by atoms with Gasteiger partial charge in [0.2, 0.25) is 5.91 Å². The van der Waals surface area contributed by atoms with Crippen LogP contribution < -0.4 is 0 Å². The number of rotatable bonds is 4. The van der Waals surface area contributed by atoms with Gasteiger partial charge >= 0.3 is 0 Å². The molecule has 7 heteroatoms. The third kappa shape index (κ3) is 2.96. The van der Waals surface area contributed by atoms with Gasteiger partial charge in [-0.2, -0.15) is 0 Å². The predicted octanol–water partition coefficient (Wildman–Crippen LogP) is 3.45. The van der Waals surface area contributed by atoms with Crippen LogP contribution in [0.4, 0.5) is 4.39 Å². The first kappa shape index (κ1) is 18.8. The van der Waals surface area contributed by atoms with E-state index in [0.717, 1.165) is 22.9 Å². The number of pyridine rings is 1. The first-order chi connectivity index (χ1) is 14.6. The zero-order valence-electron chi connectivity index (χ0n) is 16.8. The Balaban J connectivity index is 1.36. The Labute approximate surface area is 173 Å². The molecule has 6 nitrogen and oxygen atoms in total. The Morgan fingerprint density at radius 2 is 2.10 bits per heavy atom. The van der Waals surface area contributed by atoms with E-state index in [0.29, 0.717) is 37.3 Å². The molecule has 1 fully saturated rings. The summed E-state index contributed by atoms with van der Waals surface area (Å²) in [6, 6.07) is 7.92. The molecular formula is C23H23FN4O2. The molecule has 2 atom stereocenters. The Morgan fingerprint density at radius 3 is 2.87 bits per heavy atom. The van der Waals surface area contributed by atoms with Crippen molar-refractivity contribution in [2.75, 3.05) is 13.1 Å². The van der Waals surface area contributed by atoms with Crippen molar-refractivity contribution in [2.24, 2.45) is 0 Å². The fourth-order valence-electron chi connectivity index (χ4n) is 4.79. The van der Waals surface area contributed by atoms with Crippen molar-refractivity contribution in [3.05, 3.63) is 65.2 Å². The highest BCUT2D eigenvalue weighted by Gasteiger charge is 2.38. The Bertz CT molecular complexity index is 1120. The van der Waals surface area contributed by atoms with Gasteiger partial charge in [0.1, 0.15) is 17.5 Å². The SMILES string of the molecule is CC[C@H](C(=O)N1CCC(c2ccc(F)cc2)C1)N1Cc2ccnc3[nH]cc(c23)C1=O. The molecule has 1 saturated heterocycles. The van der Waals surface area contributed by atoms with Crippen molar-refractivity contribution in [2.45, 2.75) is 38.3 Å². The van der Waals surface area contributed by atoms with Crippen molar-refractivity contribution < 1.29 is 14.0 Å². The van der Waals surface area contributed by atoms with Crippen LogP contribution in [0.1, 0.15) is 47.2 Å². The standard InChI is InChI=1S/C23H23FN4O2/c1-2-19(23(30)27-10-8-15(12-27)14-3-5-17(24)6-4-14)28-13-16-7-9-25-21-20(16)18(11-26-21)22(28)29/h3-7,9,11,15,19H,2,8,10,12-13H2,1H3,(H,25,26)/t15?,19-/m1/s1. The van der Waals surface area contributed by atoms with Crippen LogP contribution >= 0.6 is 0 Å². The van der Waals surface area contributed by atoms with Crippen LogP contribution in [0.5, 0.6) is 0 Å². The van der Waals surface area contributed by atoms with Crippen molar-refractivity contribution in [1.82, 2.24) is 19.8 Å². The summed E-state index contributed by atoms with van der Waals surface area (Å²) in [5.41, 5.74) is 3.34. The zero-order valence-corrected chi connectivity index (χ0v) is 16.8. The quantitative estimate of drug-likeness (QED) is 0.722. The molecule has 0 saturated carbocycles. The van der Waals surface area contributed by atoms with E-state index in [1.807, 2.05) is 17.9 Å². The maximum atomic E-state index is 13.4. The number of aromatic nitrogens is 2. The lowest BCUT2D eigenvalue weighted by molar-refractivity contribution is -0.135. The summed E-state index contributed by atoms with van der Waals surface area (Å²) in [6.07, 6.45) is 4.81. The normalized spacial score (nSPS) is 19.5. The second-order valence-corrected chi connectivity index (χ2v) is 8.07. The monoisotopic (exact) mass is 406 g/mol. The van der Waals surface area contributed by atoms with Gasteiger partial charge < -0.3 is 14.8 Å². The van der Waals surface area contributed by atoms with E-state index < -0.39 is 6.04 Å². The first-order valence-corrected chi connectivity index (χ1v) is 10.4. The number of benzene rings is 1. The lowest BCUT2D eigenvalue weighted by Gasteiger charge is -2.35. The van der Waals surface area contributed by atoms with E-state index >= 15 is 0 Å². The molecule has 0 spiro atoms. The summed E-state index contributed by atoms with van der Waals surface area (Å²) in [5.74, 6) is -0.204. The highest BCUT2D eigenvalue weighted by molar-refractivity contribution is 6.10. The largest absolute Gasteiger partial charge is 0.345 e. The minimum absolute atomic E-state index is 0.0141. The van der Waals surface area contributed by atoms with Gasteiger partial charge in [-0.05, 0) is 42.2 Å². The molecule has 4 heterocycles. The maximum Gasteiger partial charge on any atom is 0.257 e. The molecule has 1 N–H and O–H groups in total. The van der Waals surface area contributed by atoms with Crippen LogP contribution in [0.3, 0.4) is 0 Å². The van der Waals surface area contributed by atoms with Crippen molar-refractivity contribution >= 4 is 22.8 Å². The number of likely N-dealkylation sites (tertiary alicyclic amines) is 1. The van der Waals surface area contributed by atoms with Crippen molar-refractivity contribution in [3.8, 4) is 0 Å². The zero-order chi connectivity index (χ0) is 20.8. The van der Waals surface area contributed by atoms with Crippen LogP contribution in [0.15, 0.2) is 42.7 Å².